The molecule has 0 spiro atoms. The van der Waals surface area contributed by atoms with Crippen molar-refractivity contribution in [3.05, 3.63) is 34.6 Å². The third kappa shape index (κ3) is 4.16. The van der Waals surface area contributed by atoms with E-state index in [2.05, 4.69) is 0 Å². The van der Waals surface area contributed by atoms with Crippen molar-refractivity contribution in [3.63, 3.8) is 0 Å². The highest BCUT2D eigenvalue weighted by molar-refractivity contribution is 6.31. The van der Waals surface area contributed by atoms with E-state index < -0.39 is 6.10 Å². The first kappa shape index (κ1) is 12.4. The molecule has 1 aromatic carbocycles. The third-order valence-electron chi connectivity index (χ3n) is 2.17. The molecule has 0 aliphatic heterocycles. The average Bonchev–Trinajstić information content (AvgIpc) is 2.19. The second-order valence-corrected chi connectivity index (χ2v) is 3.87. The number of benzene rings is 1. The van der Waals surface area contributed by atoms with Gasteiger partial charge >= 0.3 is 0 Å². The lowest BCUT2D eigenvalue weighted by molar-refractivity contribution is 0.150. The summed E-state index contributed by atoms with van der Waals surface area (Å²) in [6.45, 7) is 0.0637. The Labute approximate surface area is 93.3 Å². The van der Waals surface area contributed by atoms with E-state index in [0.717, 1.165) is 5.56 Å². The van der Waals surface area contributed by atoms with Gasteiger partial charge < -0.3 is 10.2 Å². The summed E-state index contributed by atoms with van der Waals surface area (Å²) in [4.78, 5) is 0. The van der Waals surface area contributed by atoms with Crippen LogP contribution in [0.3, 0.4) is 0 Å². The first-order valence-corrected chi connectivity index (χ1v) is 5.24. The van der Waals surface area contributed by atoms with Gasteiger partial charge in [0.2, 0.25) is 0 Å². The molecule has 1 atom stereocenters. The van der Waals surface area contributed by atoms with Crippen LogP contribution in [0.4, 0.5) is 4.39 Å². The van der Waals surface area contributed by atoms with Gasteiger partial charge in [0.05, 0.1) is 6.10 Å². The van der Waals surface area contributed by atoms with E-state index in [-0.39, 0.29) is 12.4 Å². The fourth-order valence-electron chi connectivity index (χ4n) is 1.37. The quantitative estimate of drug-likeness (QED) is 0.817. The van der Waals surface area contributed by atoms with Gasteiger partial charge in [-0.05, 0) is 37.0 Å². The SMILES string of the molecule is OCCCC(O)Cc1ccc(F)cc1Cl. The van der Waals surface area contributed by atoms with Crippen molar-refractivity contribution in [1.29, 1.82) is 0 Å². The Morgan fingerprint density at radius 3 is 2.73 bits per heavy atom. The minimum absolute atomic E-state index is 0.0637. The summed E-state index contributed by atoms with van der Waals surface area (Å²) in [6.07, 6.45) is 0.920. The van der Waals surface area contributed by atoms with Crippen LogP contribution in [-0.2, 0) is 6.42 Å². The monoisotopic (exact) mass is 232 g/mol. The molecule has 0 amide bonds. The van der Waals surface area contributed by atoms with Crippen LogP contribution in [0, 0.1) is 5.82 Å². The third-order valence-corrected chi connectivity index (χ3v) is 2.52. The number of hydrogen-bond acceptors (Lipinski definition) is 2. The zero-order chi connectivity index (χ0) is 11.3. The van der Waals surface area contributed by atoms with E-state index in [1.54, 1.807) is 6.07 Å². The maximum atomic E-state index is 12.7. The lowest BCUT2D eigenvalue weighted by Crippen LogP contribution is -2.11. The number of halogens is 2. The molecule has 0 aliphatic carbocycles. The van der Waals surface area contributed by atoms with E-state index >= 15 is 0 Å². The summed E-state index contributed by atoms with van der Waals surface area (Å²) < 4.78 is 12.7. The normalized spacial score (nSPS) is 12.8. The van der Waals surface area contributed by atoms with Crippen LogP contribution in [-0.4, -0.2) is 22.9 Å². The van der Waals surface area contributed by atoms with Crippen molar-refractivity contribution in [2.24, 2.45) is 0 Å². The molecule has 1 rings (SSSR count). The fourth-order valence-corrected chi connectivity index (χ4v) is 1.61. The lowest BCUT2D eigenvalue weighted by atomic mass is 10.0. The number of aliphatic hydroxyl groups excluding tert-OH is 2. The standard InChI is InChI=1S/C11H14ClFO2/c12-11-7-9(13)4-3-8(11)6-10(15)2-1-5-14/h3-4,7,10,14-15H,1-2,5-6H2. The van der Waals surface area contributed by atoms with Crippen LogP contribution in [0.5, 0.6) is 0 Å². The maximum Gasteiger partial charge on any atom is 0.124 e. The van der Waals surface area contributed by atoms with Crippen LogP contribution in [0.15, 0.2) is 18.2 Å². The van der Waals surface area contributed by atoms with Crippen molar-refractivity contribution in [3.8, 4) is 0 Å². The molecule has 0 bridgehead atoms. The molecule has 2 N–H and O–H groups in total. The molecule has 0 saturated heterocycles. The highest BCUT2D eigenvalue weighted by atomic mass is 35.5. The molecular formula is C11H14ClFO2. The summed E-state index contributed by atoms with van der Waals surface area (Å²) in [6, 6.07) is 4.12. The van der Waals surface area contributed by atoms with Gasteiger partial charge in [0.1, 0.15) is 5.82 Å². The molecule has 0 saturated carbocycles. The van der Waals surface area contributed by atoms with Gasteiger partial charge in [-0.3, -0.25) is 0 Å². The average molecular weight is 233 g/mol. The smallest absolute Gasteiger partial charge is 0.124 e. The summed E-state index contributed by atoms with van der Waals surface area (Å²) in [7, 11) is 0. The lowest BCUT2D eigenvalue weighted by Gasteiger charge is -2.10. The van der Waals surface area contributed by atoms with Crippen LogP contribution >= 0.6 is 11.6 Å². The van der Waals surface area contributed by atoms with E-state index in [1.807, 2.05) is 0 Å². The van der Waals surface area contributed by atoms with Crippen LogP contribution in [0.1, 0.15) is 18.4 Å². The Hall–Kier alpha value is -0.640. The Morgan fingerprint density at radius 1 is 1.40 bits per heavy atom. The summed E-state index contributed by atoms with van der Waals surface area (Å²) in [5.74, 6) is -0.381. The molecule has 0 aromatic heterocycles. The van der Waals surface area contributed by atoms with E-state index in [4.69, 9.17) is 16.7 Å². The van der Waals surface area contributed by atoms with Gasteiger partial charge in [0.25, 0.3) is 0 Å². The molecule has 0 aliphatic rings. The van der Waals surface area contributed by atoms with Gasteiger partial charge in [0.15, 0.2) is 0 Å². The largest absolute Gasteiger partial charge is 0.396 e. The molecule has 1 unspecified atom stereocenters. The molecule has 1 aromatic rings. The predicted molar refractivity (Wildman–Crippen MR) is 57.4 cm³/mol. The fraction of sp³-hybridized carbons (Fsp3) is 0.455. The van der Waals surface area contributed by atoms with Gasteiger partial charge in [-0.1, -0.05) is 17.7 Å². The number of rotatable bonds is 5. The van der Waals surface area contributed by atoms with Crippen molar-refractivity contribution in [2.75, 3.05) is 6.61 Å². The van der Waals surface area contributed by atoms with Crippen LogP contribution < -0.4 is 0 Å². The summed E-state index contributed by atoms with van der Waals surface area (Å²) in [5, 5.41) is 18.5. The zero-order valence-electron chi connectivity index (χ0n) is 8.29. The van der Waals surface area contributed by atoms with E-state index in [9.17, 15) is 9.50 Å². The Kier molecular flexibility index (Phi) is 5.02. The second kappa shape index (κ2) is 6.05. The van der Waals surface area contributed by atoms with Crippen molar-refractivity contribution in [2.45, 2.75) is 25.4 Å². The Balaban J connectivity index is 2.56. The predicted octanol–water partition coefficient (Wildman–Crippen LogP) is 2.16. The molecule has 2 nitrogen and oxygen atoms in total. The van der Waals surface area contributed by atoms with Gasteiger partial charge in [-0.2, -0.15) is 0 Å². The molecule has 0 radical (unpaired) electrons. The topological polar surface area (TPSA) is 40.5 Å². The Bertz CT molecular complexity index is 317. The highest BCUT2D eigenvalue weighted by Crippen LogP contribution is 2.19. The molecule has 0 fully saturated rings. The maximum absolute atomic E-state index is 12.7. The Morgan fingerprint density at radius 2 is 2.13 bits per heavy atom. The second-order valence-electron chi connectivity index (χ2n) is 3.46. The van der Waals surface area contributed by atoms with E-state index in [1.165, 1.54) is 12.1 Å². The zero-order valence-corrected chi connectivity index (χ0v) is 9.04. The first-order chi connectivity index (χ1) is 7.13. The van der Waals surface area contributed by atoms with Gasteiger partial charge in [-0.15, -0.1) is 0 Å². The summed E-state index contributed by atoms with van der Waals surface area (Å²) >= 11 is 5.81. The highest BCUT2D eigenvalue weighted by Gasteiger charge is 2.08. The molecule has 4 heteroatoms. The van der Waals surface area contributed by atoms with Gasteiger partial charge in [0, 0.05) is 11.6 Å². The first-order valence-electron chi connectivity index (χ1n) is 4.86. The van der Waals surface area contributed by atoms with Crippen molar-refractivity contribution < 1.29 is 14.6 Å². The van der Waals surface area contributed by atoms with E-state index in [0.29, 0.717) is 24.3 Å². The molecular weight excluding hydrogens is 219 g/mol. The molecule has 15 heavy (non-hydrogen) atoms. The number of hydrogen-bond donors (Lipinski definition) is 2. The van der Waals surface area contributed by atoms with Gasteiger partial charge in [-0.25, -0.2) is 4.39 Å². The molecule has 0 heterocycles. The number of aliphatic hydroxyl groups is 2. The summed E-state index contributed by atoms with van der Waals surface area (Å²) in [5.41, 5.74) is 0.725. The molecule has 84 valence electrons. The van der Waals surface area contributed by atoms with Crippen molar-refractivity contribution >= 4 is 11.6 Å². The minimum Gasteiger partial charge on any atom is -0.396 e. The van der Waals surface area contributed by atoms with Crippen molar-refractivity contribution in [1.82, 2.24) is 0 Å². The van der Waals surface area contributed by atoms with Crippen LogP contribution in [0.25, 0.3) is 0 Å². The van der Waals surface area contributed by atoms with Crippen LogP contribution in [0.2, 0.25) is 5.02 Å². The minimum atomic E-state index is -0.542.